The summed E-state index contributed by atoms with van der Waals surface area (Å²) in [5.41, 5.74) is 1.15. The van der Waals surface area contributed by atoms with Gasteiger partial charge in [0.25, 0.3) is 11.6 Å². The van der Waals surface area contributed by atoms with Crippen molar-refractivity contribution in [3.05, 3.63) is 112 Å². The van der Waals surface area contributed by atoms with E-state index in [-0.39, 0.29) is 23.2 Å². The van der Waals surface area contributed by atoms with Crippen LogP contribution in [0.2, 0.25) is 0 Å². The van der Waals surface area contributed by atoms with Crippen molar-refractivity contribution in [2.75, 3.05) is 0 Å². The maximum atomic E-state index is 12.8. The van der Waals surface area contributed by atoms with Gasteiger partial charge in [0.1, 0.15) is 0 Å². The van der Waals surface area contributed by atoms with Crippen LogP contribution in [-0.2, 0) is 0 Å². The summed E-state index contributed by atoms with van der Waals surface area (Å²) >= 11 is 1.30. The highest BCUT2D eigenvalue weighted by atomic mass is 32.2. The number of nitrogens with zero attached hydrogens (tertiary/aromatic N) is 1. The molecule has 154 valence electrons. The second-order valence-corrected chi connectivity index (χ2v) is 8.27. The lowest BCUT2D eigenvalue weighted by Crippen LogP contribution is -2.26. The Hall–Kier alpha value is -3.64. The van der Waals surface area contributed by atoms with E-state index in [0.717, 1.165) is 21.2 Å². The number of nitrogens with one attached hydrogen (secondary N) is 1. The van der Waals surface area contributed by atoms with E-state index in [1.54, 1.807) is 12.1 Å². The Kier molecular flexibility index (Phi) is 6.00. The zero-order valence-corrected chi connectivity index (χ0v) is 17.6. The van der Waals surface area contributed by atoms with Crippen molar-refractivity contribution in [1.82, 2.24) is 5.32 Å². The molecule has 0 aliphatic rings. The van der Waals surface area contributed by atoms with E-state index >= 15 is 0 Å². The molecule has 1 atom stereocenters. The molecular weight excluding hydrogens is 408 g/mol. The van der Waals surface area contributed by atoms with Crippen molar-refractivity contribution in [1.29, 1.82) is 0 Å². The van der Waals surface area contributed by atoms with Crippen molar-refractivity contribution < 1.29 is 9.72 Å². The number of rotatable bonds is 6. The average molecular weight is 429 g/mol. The molecule has 4 aromatic carbocycles. The van der Waals surface area contributed by atoms with Gasteiger partial charge in [0, 0.05) is 16.5 Å². The molecule has 0 spiro atoms. The van der Waals surface area contributed by atoms with Crippen molar-refractivity contribution in [3.8, 4) is 0 Å². The molecule has 1 amide bonds. The third kappa shape index (κ3) is 4.75. The zero-order chi connectivity index (χ0) is 21.8. The quantitative estimate of drug-likeness (QED) is 0.285. The molecule has 4 aromatic rings. The van der Waals surface area contributed by atoms with Crippen LogP contribution >= 0.6 is 11.8 Å². The molecule has 0 fully saturated rings. The van der Waals surface area contributed by atoms with Gasteiger partial charge >= 0.3 is 0 Å². The Morgan fingerprint density at radius 3 is 2.35 bits per heavy atom. The largest absolute Gasteiger partial charge is 0.346 e. The Morgan fingerprint density at radius 1 is 0.903 bits per heavy atom. The first-order valence-electron chi connectivity index (χ1n) is 9.82. The maximum absolute atomic E-state index is 12.8. The first-order valence-corrected chi connectivity index (χ1v) is 10.6. The van der Waals surface area contributed by atoms with E-state index in [1.807, 2.05) is 79.7 Å². The number of hydrogen-bond donors (Lipinski definition) is 1. The molecule has 0 saturated carbocycles. The van der Waals surface area contributed by atoms with Crippen LogP contribution in [0.25, 0.3) is 10.8 Å². The summed E-state index contributed by atoms with van der Waals surface area (Å²) in [7, 11) is 0. The predicted octanol–water partition coefficient (Wildman–Crippen LogP) is 6.39. The van der Waals surface area contributed by atoms with Gasteiger partial charge in [-0.1, -0.05) is 66.4 Å². The van der Waals surface area contributed by atoms with Crippen LogP contribution in [0, 0.1) is 10.1 Å². The molecule has 0 radical (unpaired) electrons. The lowest BCUT2D eigenvalue weighted by atomic mass is 10.0. The van der Waals surface area contributed by atoms with Crippen molar-refractivity contribution in [2.24, 2.45) is 0 Å². The molecule has 0 aromatic heterocycles. The van der Waals surface area contributed by atoms with Crippen LogP contribution in [0.15, 0.2) is 101 Å². The molecule has 0 heterocycles. The summed E-state index contributed by atoms with van der Waals surface area (Å²) in [6.07, 6.45) is 0. The van der Waals surface area contributed by atoms with Gasteiger partial charge in [0.05, 0.1) is 15.9 Å². The van der Waals surface area contributed by atoms with Crippen LogP contribution in [0.1, 0.15) is 28.9 Å². The highest BCUT2D eigenvalue weighted by Crippen LogP contribution is 2.35. The number of amides is 1. The van der Waals surface area contributed by atoms with E-state index < -0.39 is 4.92 Å². The van der Waals surface area contributed by atoms with Crippen LogP contribution in [0.4, 0.5) is 5.69 Å². The fraction of sp³-hybridized carbons (Fsp3) is 0.0800. The molecule has 5 nitrogen and oxygen atoms in total. The van der Waals surface area contributed by atoms with Crippen molar-refractivity contribution in [2.45, 2.75) is 22.8 Å². The highest BCUT2D eigenvalue weighted by molar-refractivity contribution is 7.99. The van der Waals surface area contributed by atoms with Crippen molar-refractivity contribution >= 4 is 34.1 Å². The van der Waals surface area contributed by atoms with E-state index in [9.17, 15) is 14.9 Å². The Morgan fingerprint density at radius 2 is 1.61 bits per heavy atom. The molecule has 31 heavy (non-hydrogen) atoms. The van der Waals surface area contributed by atoms with Gasteiger partial charge in [0.2, 0.25) is 0 Å². The molecule has 1 N–H and O–H groups in total. The third-order valence-electron chi connectivity index (χ3n) is 5.01. The minimum absolute atomic E-state index is 0.0835. The first-order chi connectivity index (χ1) is 15.0. The van der Waals surface area contributed by atoms with Gasteiger partial charge < -0.3 is 5.32 Å². The van der Waals surface area contributed by atoms with Gasteiger partial charge in [-0.15, -0.1) is 0 Å². The predicted molar refractivity (Wildman–Crippen MR) is 123 cm³/mol. The minimum Gasteiger partial charge on any atom is -0.346 e. The van der Waals surface area contributed by atoms with E-state index in [2.05, 4.69) is 5.32 Å². The summed E-state index contributed by atoms with van der Waals surface area (Å²) in [4.78, 5) is 25.4. The maximum Gasteiger partial charge on any atom is 0.284 e. The van der Waals surface area contributed by atoms with Gasteiger partial charge in [-0.25, -0.2) is 0 Å². The topological polar surface area (TPSA) is 72.2 Å². The minimum atomic E-state index is -0.450. The normalized spacial score (nSPS) is 11.8. The van der Waals surface area contributed by atoms with E-state index in [4.69, 9.17) is 0 Å². The Balaban J connectivity index is 1.54. The first kappa shape index (κ1) is 20.6. The lowest BCUT2D eigenvalue weighted by Gasteiger charge is -2.15. The third-order valence-corrected chi connectivity index (χ3v) is 6.08. The molecule has 0 bridgehead atoms. The standard InChI is InChI=1S/C25H20N2O3S/c1-17(19-12-11-18-7-5-6-8-20(18)15-19)26-25(28)21-13-14-24(23(16-21)27(29)30)31-22-9-3-2-4-10-22/h2-17H,1H3,(H,26,28)/t17-/m1/s1. The molecule has 0 aliphatic carbocycles. The van der Waals surface area contributed by atoms with Crippen LogP contribution in [0.5, 0.6) is 0 Å². The van der Waals surface area contributed by atoms with Crippen LogP contribution in [-0.4, -0.2) is 10.8 Å². The highest BCUT2D eigenvalue weighted by Gasteiger charge is 2.20. The fourth-order valence-corrected chi connectivity index (χ4v) is 4.26. The zero-order valence-electron chi connectivity index (χ0n) is 16.8. The van der Waals surface area contributed by atoms with Gasteiger partial charge in [-0.3, -0.25) is 14.9 Å². The summed E-state index contributed by atoms with van der Waals surface area (Å²) in [5.74, 6) is -0.347. The number of carbonyl (C=O) groups is 1. The fourth-order valence-electron chi connectivity index (χ4n) is 3.34. The second kappa shape index (κ2) is 9.02. The molecule has 4 rings (SSSR count). The van der Waals surface area contributed by atoms with Gasteiger partial charge in [-0.05, 0) is 53.6 Å². The SMILES string of the molecule is C[C@@H](NC(=O)c1ccc(Sc2ccccc2)c([N+](=O)[O-])c1)c1ccc2ccccc2c1. The number of nitro groups is 1. The average Bonchev–Trinajstić information content (AvgIpc) is 2.79. The number of hydrogen-bond acceptors (Lipinski definition) is 4. The van der Waals surface area contributed by atoms with Crippen LogP contribution in [0.3, 0.4) is 0 Å². The summed E-state index contributed by atoms with van der Waals surface area (Å²) in [6.45, 7) is 1.90. The summed E-state index contributed by atoms with van der Waals surface area (Å²) in [6, 6.07) is 27.9. The Labute approximate surface area is 184 Å². The monoisotopic (exact) mass is 428 g/mol. The Bertz CT molecular complexity index is 1260. The summed E-state index contributed by atoms with van der Waals surface area (Å²) in [5, 5.41) is 16.8. The number of benzene rings is 4. The molecule has 6 heteroatoms. The smallest absolute Gasteiger partial charge is 0.284 e. The number of fused-ring (bicyclic) bond motifs is 1. The summed E-state index contributed by atoms with van der Waals surface area (Å²) < 4.78 is 0. The van der Waals surface area contributed by atoms with E-state index in [0.29, 0.717) is 4.90 Å². The number of carbonyl (C=O) groups excluding carboxylic acids is 1. The molecule has 0 unspecified atom stereocenters. The van der Waals surface area contributed by atoms with Crippen molar-refractivity contribution in [3.63, 3.8) is 0 Å². The lowest BCUT2D eigenvalue weighted by molar-refractivity contribution is -0.387. The van der Waals surface area contributed by atoms with Gasteiger partial charge in [0.15, 0.2) is 0 Å². The van der Waals surface area contributed by atoms with Crippen LogP contribution < -0.4 is 5.32 Å². The number of nitro benzene ring substituents is 1. The van der Waals surface area contributed by atoms with Gasteiger partial charge in [-0.2, -0.15) is 0 Å². The molecular formula is C25H20N2O3S. The molecule has 0 aliphatic heterocycles. The second-order valence-electron chi connectivity index (χ2n) is 7.16. The molecule has 0 saturated heterocycles. The van der Waals surface area contributed by atoms with E-state index in [1.165, 1.54) is 17.8 Å².